The molecular weight excluding hydrogens is 713 g/mol. The van der Waals surface area contributed by atoms with Gasteiger partial charge in [0.05, 0.1) is 11.4 Å². The number of aromatic nitrogens is 2. The van der Waals surface area contributed by atoms with E-state index in [1.165, 1.54) is 60.7 Å². The van der Waals surface area contributed by atoms with Gasteiger partial charge in [-0.15, -0.1) is 0 Å². The molecule has 10 aromatic rings. The molecule has 0 unspecified atom stereocenters. The van der Waals surface area contributed by atoms with Crippen LogP contribution in [0.4, 0.5) is 0 Å². The third-order valence-corrected chi connectivity index (χ3v) is 12.3. The number of fused-ring (bicyclic) bond motifs is 6. The smallest absolute Gasteiger partial charge is 0.160 e. The lowest BCUT2D eigenvalue weighted by molar-refractivity contribution is 0.666. The highest BCUT2D eigenvalue weighted by atomic mass is 14.9. The lowest BCUT2D eigenvalue weighted by atomic mass is 9.80. The van der Waals surface area contributed by atoms with E-state index in [-0.39, 0.29) is 5.41 Å². The van der Waals surface area contributed by atoms with Crippen LogP contribution in [0.5, 0.6) is 0 Å². The summed E-state index contributed by atoms with van der Waals surface area (Å²) < 4.78 is 0. The van der Waals surface area contributed by atoms with Crippen LogP contribution in [0.3, 0.4) is 0 Å². The van der Waals surface area contributed by atoms with Gasteiger partial charge >= 0.3 is 0 Å². The summed E-state index contributed by atoms with van der Waals surface area (Å²) >= 11 is 0. The molecule has 0 fully saturated rings. The van der Waals surface area contributed by atoms with E-state index in [0.29, 0.717) is 5.82 Å². The van der Waals surface area contributed by atoms with Crippen LogP contribution in [0, 0.1) is 0 Å². The minimum absolute atomic E-state index is 0.0978. The first kappa shape index (κ1) is 34.8. The first-order valence-electron chi connectivity index (χ1n) is 20.4. The van der Waals surface area contributed by atoms with Crippen molar-refractivity contribution in [2.75, 3.05) is 0 Å². The summed E-state index contributed by atoms with van der Waals surface area (Å²) in [5, 5.41) is 4.98. The Bertz CT molecular complexity index is 3220. The standard InChI is InChI=1S/C57H40N2/c1-57(2)52-33-28-42(35-51(52)49-30-26-39-20-12-13-23-44(39)55(49)57)43-31-32-47(46-25-15-14-24-45(43)46)53-36-54(59-56(58-53)40-21-10-5-11-22-40)48-29-27-41(37-16-6-3-7-17-37)34-50(48)38-18-8-4-9-19-38/h3-36H,1-2H3. The van der Waals surface area contributed by atoms with E-state index in [9.17, 15) is 0 Å². The van der Waals surface area contributed by atoms with E-state index in [1.54, 1.807) is 0 Å². The quantitative estimate of drug-likeness (QED) is 0.169. The molecule has 59 heavy (non-hydrogen) atoms. The Morgan fingerprint density at radius 3 is 1.58 bits per heavy atom. The third-order valence-electron chi connectivity index (χ3n) is 12.3. The summed E-state index contributed by atoms with van der Waals surface area (Å²) in [4.78, 5) is 10.6. The molecule has 0 N–H and O–H groups in total. The molecule has 278 valence electrons. The first-order valence-corrected chi connectivity index (χ1v) is 20.4. The molecule has 1 aliphatic rings. The highest BCUT2D eigenvalue weighted by Crippen LogP contribution is 2.52. The molecule has 2 heteroatoms. The minimum Gasteiger partial charge on any atom is -0.228 e. The predicted octanol–water partition coefficient (Wildman–Crippen LogP) is 15.1. The fraction of sp³-hybridized carbons (Fsp3) is 0.0526. The Hall–Kier alpha value is -7.42. The maximum Gasteiger partial charge on any atom is 0.160 e. The van der Waals surface area contributed by atoms with Crippen molar-refractivity contribution in [2.24, 2.45) is 0 Å². The van der Waals surface area contributed by atoms with Crippen LogP contribution in [0.1, 0.15) is 25.0 Å². The summed E-state index contributed by atoms with van der Waals surface area (Å²) in [7, 11) is 0. The van der Waals surface area contributed by atoms with Gasteiger partial charge in [-0.1, -0.05) is 202 Å². The van der Waals surface area contributed by atoms with Gasteiger partial charge in [0.15, 0.2) is 5.82 Å². The average molecular weight is 753 g/mol. The van der Waals surface area contributed by atoms with Gasteiger partial charge in [-0.3, -0.25) is 0 Å². The first-order chi connectivity index (χ1) is 29.0. The van der Waals surface area contributed by atoms with Crippen molar-refractivity contribution in [3.8, 4) is 78.4 Å². The number of nitrogens with zero attached hydrogens (tertiary/aromatic N) is 2. The molecule has 0 radical (unpaired) electrons. The molecule has 0 saturated heterocycles. The Balaban J connectivity index is 1.08. The second-order valence-electron chi connectivity index (χ2n) is 16.1. The van der Waals surface area contributed by atoms with Gasteiger partial charge in [0.1, 0.15) is 0 Å². The predicted molar refractivity (Wildman–Crippen MR) is 247 cm³/mol. The SMILES string of the molecule is CC1(C)c2ccc(-c3ccc(-c4cc(-c5ccc(-c6ccccc6)cc5-c5ccccc5)nc(-c5ccccc5)n4)c4ccccc34)cc2-c2ccc3ccccc3c21. The Labute approximate surface area is 345 Å². The number of rotatable bonds is 6. The molecule has 0 saturated carbocycles. The van der Waals surface area contributed by atoms with E-state index in [4.69, 9.17) is 9.97 Å². The van der Waals surface area contributed by atoms with Crippen molar-refractivity contribution in [1.82, 2.24) is 9.97 Å². The molecule has 0 amide bonds. The largest absolute Gasteiger partial charge is 0.228 e. The van der Waals surface area contributed by atoms with E-state index in [1.807, 2.05) is 6.07 Å². The summed E-state index contributed by atoms with van der Waals surface area (Å²) in [6, 6.07) is 74.3. The monoisotopic (exact) mass is 752 g/mol. The summed E-state index contributed by atoms with van der Waals surface area (Å²) in [6.45, 7) is 4.74. The lowest BCUT2D eigenvalue weighted by Crippen LogP contribution is -2.15. The van der Waals surface area contributed by atoms with Crippen LogP contribution < -0.4 is 0 Å². The number of hydrogen-bond acceptors (Lipinski definition) is 2. The zero-order valence-electron chi connectivity index (χ0n) is 33.0. The van der Waals surface area contributed by atoms with Crippen LogP contribution in [0.15, 0.2) is 206 Å². The van der Waals surface area contributed by atoms with E-state index in [2.05, 4.69) is 214 Å². The molecular formula is C57H40N2. The molecule has 0 aliphatic heterocycles. The normalized spacial score (nSPS) is 12.7. The van der Waals surface area contributed by atoms with Gasteiger partial charge in [0.2, 0.25) is 0 Å². The Morgan fingerprint density at radius 1 is 0.322 bits per heavy atom. The van der Waals surface area contributed by atoms with Gasteiger partial charge in [-0.25, -0.2) is 9.97 Å². The second kappa shape index (κ2) is 13.9. The van der Waals surface area contributed by atoms with Crippen LogP contribution in [-0.2, 0) is 5.41 Å². The molecule has 2 nitrogen and oxygen atoms in total. The molecule has 11 rings (SSSR count). The van der Waals surface area contributed by atoms with Crippen LogP contribution >= 0.6 is 0 Å². The maximum absolute atomic E-state index is 5.32. The third kappa shape index (κ3) is 5.87. The topological polar surface area (TPSA) is 25.8 Å². The van der Waals surface area contributed by atoms with Crippen LogP contribution in [0.25, 0.3) is 100.0 Å². The van der Waals surface area contributed by atoms with Crippen molar-refractivity contribution in [3.05, 3.63) is 217 Å². The van der Waals surface area contributed by atoms with Gasteiger partial charge in [0.25, 0.3) is 0 Å². The van der Waals surface area contributed by atoms with Crippen LogP contribution in [0.2, 0.25) is 0 Å². The van der Waals surface area contributed by atoms with Crippen molar-refractivity contribution in [3.63, 3.8) is 0 Å². The zero-order valence-corrected chi connectivity index (χ0v) is 33.0. The minimum atomic E-state index is -0.0978. The molecule has 0 spiro atoms. The van der Waals surface area contributed by atoms with Crippen molar-refractivity contribution in [2.45, 2.75) is 19.3 Å². The van der Waals surface area contributed by atoms with E-state index in [0.717, 1.165) is 44.6 Å². The maximum atomic E-state index is 5.32. The van der Waals surface area contributed by atoms with E-state index < -0.39 is 0 Å². The highest BCUT2D eigenvalue weighted by molar-refractivity contribution is 6.06. The summed E-state index contributed by atoms with van der Waals surface area (Å²) in [5.74, 6) is 0.699. The van der Waals surface area contributed by atoms with Gasteiger partial charge < -0.3 is 0 Å². The van der Waals surface area contributed by atoms with E-state index >= 15 is 0 Å². The highest BCUT2D eigenvalue weighted by Gasteiger charge is 2.37. The Kier molecular flexibility index (Phi) is 8.20. The fourth-order valence-electron chi connectivity index (χ4n) is 9.43. The van der Waals surface area contributed by atoms with Crippen molar-refractivity contribution >= 4 is 21.5 Å². The van der Waals surface area contributed by atoms with Gasteiger partial charge in [-0.2, -0.15) is 0 Å². The number of benzene rings is 9. The van der Waals surface area contributed by atoms with Gasteiger partial charge in [0, 0.05) is 22.1 Å². The lowest BCUT2D eigenvalue weighted by Gasteiger charge is -2.23. The second-order valence-corrected chi connectivity index (χ2v) is 16.1. The molecule has 0 atom stereocenters. The van der Waals surface area contributed by atoms with Crippen LogP contribution in [-0.4, -0.2) is 9.97 Å². The summed E-state index contributed by atoms with van der Waals surface area (Å²) in [5.41, 5.74) is 17.3. The molecule has 1 heterocycles. The molecule has 1 aromatic heterocycles. The average Bonchev–Trinajstić information content (AvgIpc) is 3.54. The van der Waals surface area contributed by atoms with Crippen molar-refractivity contribution < 1.29 is 0 Å². The molecule has 1 aliphatic carbocycles. The number of hydrogen-bond donors (Lipinski definition) is 0. The molecule has 0 bridgehead atoms. The van der Waals surface area contributed by atoms with Gasteiger partial charge in [-0.05, 0) is 95.4 Å². The fourth-order valence-corrected chi connectivity index (χ4v) is 9.43. The summed E-state index contributed by atoms with van der Waals surface area (Å²) in [6.07, 6.45) is 0. The zero-order chi connectivity index (χ0) is 39.5. The Morgan fingerprint density at radius 2 is 0.847 bits per heavy atom. The van der Waals surface area contributed by atoms with Crippen molar-refractivity contribution in [1.29, 1.82) is 0 Å². The molecule has 9 aromatic carbocycles.